The summed E-state index contributed by atoms with van der Waals surface area (Å²) in [6.07, 6.45) is 2.15. The fraction of sp³-hybridized carbons (Fsp3) is 0.500. The van der Waals surface area contributed by atoms with Gasteiger partial charge in [0.2, 0.25) is 0 Å². The van der Waals surface area contributed by atoms with Crippen LogP contribution >= 0.6 is 0 Å². The number of nitrogens with zero attached hydrogens (tertiary/aromatic N) is 3. The minimum atomic E-state index is -0.421. The van der Waals surface area contributed by atoms with E-state index in [2.05, 4.69) is 23.9 Å². The molecule has 1 aromatic rings. The number of hydrogen-bond acceptors (Lipinski definition) is 5. The number of hydrogen-bond donors (Lipinski definition) is 2. The first-order valence-electron chi connectivity index (χ1n) is 6.98. The molecule has 0 aliphatic carbocycles. The minimum Gasteiger partial charge on any atom is -0.409 e. The third-order valence-corrected chi connectivity index (χ3v) is 4.26. The zero-order valence-corrected chi connectivity index (χ0v) is 12.2. The number of amidine groups is 1. The molecule has 0 spiro atoms. The van der Waals surface area contributed by atoms with Crippen LogP contribution in [0.25, 0.3) is 0 Å². The van der Waals surface area contributed by atoms with Crippen molar-refractivity contribution in [1.29, 1.82) is 0 Å². The van der Waals surface area contributed by atoms with E-state index < -0.39 is 4.92 Å². The number of piperidine rings is 1. The van der Waals surface area contributed by atoms with Crippen molar-refractivity contribution in [3.05, 3.63) is 33.9 Å². The van der Waals surface area contributed by atoms with Crippen LogP contribution in [-0.2, 0) is 0 Å². The summed E-state index contributed by atoms with van der Waals surface area (Å²) in [6, 6.07) is 4.92. The van der Waals surface area contributed by atoms with Gasteiger partial charge in [-0.25, -0.2) is 0 Å². The lowest BCUT2D eigenvalue weighted by molar-refractivity contribution is -0.384. The zero-order valence-electron chi connectivity index (χ0n) is 12.2. The van der Waals surface area contributed by atoms with Gasteiger partial charge in [0.15, 0.2) is 5.84 Å². The van der Waals surface area contributed by atoms with Crippen molar-refractivity contribution in [3.63, 3.8) is 0 Å². The predicted molar refractivity (Wildman–Crippen MR) is 80.8 cm³/mol. The second-order valence-corrected chi connectivity index (χ2v) is 5.50. The lowest BCUT2D eigenvalue weighted by atomic mass is 9.91. The van der Waals surface area contributed by atoms with Gasteiger partial charge in [0, 0.05) is 24.2 Å². The number of nitro groups is 1. The fourth-order valence-electron chi connectivity index (χ4n) is 2.81. The van der Waals surface area contributed by atoms with Gasteiger partial charge in [-0.3, -0.25) is 10.1 Å². The van der Waals surface area contributed by atoms with Gasteiger partial charge in [-0.1, -0.05) is 12.1 Å². The van der Waals surface area contributed by atoms with Crippen LogP contribution in [0.3, 0.4) is 0 Å². The van der Waals surface area contributed by atoms with Gasteiger partial charge >= 0.3 is 0 Å². The van der Waals surface area contributed by atoms with E-state index in [-0.39, 0.29) is 17.6 Å². The Morgan fingerprint density at radius 2 is 2.24 bits per heavy atom. The minimum absolute atomic E-state index is 0.0138. The third-order valence-electron chi connectivity index (χ3n) is 4.26. The summed E-state index contributed by atoms with van der Waals surface area (Å²) in [7, 11) is 0. The Morgan fingerprint density at radius 3 is 2.86 bits per heavy atom. The molecule has 21 heavy (non-hydrogen) atoms. The van der Waals surface area contributed by atoms with Gasteiger partial charge in [-0.2, -0.15) is 0 Å². The van der Waals surface area contributed by atoms with Crippen LogP contribution < -0.4 is 10.6 Å². The highest BCUT2D eigenvalue weighted by Crippen LogP contribution is 2.35. The summed E-state index contributed by atoms with van der Waals surface area (Å²) >= 11 is 0. The van der Waals surface area contributed by atoms with Crippen LogP contribution in [0.2, 0.25) is 0 Å². The molecule has 7 heteroatoms. The molecule has 0 bridgehead atoms. The molecule has 1 aromatic carbocycles. The molecule has 2 unspecified atom stereocenters. The summed E-state index contributed by atoms with van der Waals surface area (Å²) in [5.41, 5.74) is 6.42. The number of nitro benzene ring substituents is 1. The Balaban J connectivity index is 2.46. The number of oxime groups is 1. The lowest BCUT2D eigenvalue weighted by Crippen LogP contribution is -2.42. The van der Waals surface area contributed by atoms with E-state index in [9.17, 15) is 10.1 Å². The molecule has 114 valence electrons. The Hall–Kier alpha value is -2.31. The van der Waals surface area contributed by atoms with Crippen LogP contribution in [-0.4, -0.2) is 28.6 Å². The Kier molecular flexibility index (Phi) is 4.30. The van der Waals surface area contributed by atoms with Crippen molar-refractivity contribution in [3.8, 4) is 0 Å². The summed E-state index contributed by atoms with van der Waals surface area (Å²) in [5.74, 6) is 0.354. The van der Waals surface area contributed by atoms with Crippen molar-refractivity contribution in [2.75, 3.05) is 11.4 Å². The SMILES string of the molecule is CC1CCCN(c2ccc(C(N)=NO)cc2[N+](=O)[O-])C1C. The highest BCUT2D eigenvalue weighted by molar-refractivity contribution is 5.98. The summed E-state index contributed by atoms with van der Waals surface area (Å²) < 4.78 is 0. The average molecular weight is 292 g/mol. The van der Waals surface area contributed by atoms with E-state index in [1.165, 1.54) is 6.07 Å². The third kappa shape index (κ3) is 2.91. The fourth-order valence-corrected chi connectivity index (χ4v) is 2.81. The maximum atomic E-state index is 11.4. The molecule has 0 saturated carbocycles. The molecule has 1 fully saturated rings. The van der Waals surface area contributed by atoms with Crippen molar-refractivity contribution in [2.24, 2.45) is 16.8 Å². The normalized spacial score (nSPS) is 23.1. The topological polar surface area (TPSA) is 105 Å². The molecule has 1 saturated heterocycles. The van der Waals surface area contributed by atoms with Crippen LogP contribution in [0.4, 0.5) is 11.4 Å². The summed E-state index contributed by atoms with van der Waals surface area (Å²) in [4.78, 5) is 13.0. The summed E-state index contributed by atoms with van der Waals surface area (Å²) in [6.45, 7) is 5.05. The Bertz CT molecular complexity index is 573. The van der Waals surface area contributed by atoms with E-state index in [0.717, 1.165) is 19.4 Å². The van der Waals surface area contributed by atoms with Crippen molar-refractivity contribution >= 4 is 17.2 Å². The van der Waals surface area contributed by atoms with E-state index in [1.807, 2.05) is 0 Å². The standard InChI is InChI=1S/C14H20N4O3/c1-9-4-3-7-17(10(9)2)12-6-5-11(14(15)16-19)8-13(12)18(20)21/h5-6,8-10,19H,3-4,7H2,1-2H3,(H2,15,16). The Morgan fingerprint density at radius 1 is 1.52 bits per heavy atom. The predicted octanol–water partition coefficient (Wildman–Crippen LogP) is 2.31. The van der Waals surface area contributed by atoms with Crippen molar-refractivity contribution in [1.82, 2.24) is 0 Å². The second kappa shape index (κ2) is 5.99. The Labute approximate surface area is 123 Å². The van der Waals surface area contributed by atoms with E-state index in [0.29, 0.717) is 17.2 Å². The molecule has 0 amide bonds. The van der Waals surface area contributed by atoms with Gasteiger partial charge in [0.25, 0.3) is 5.69 Å². The molecule has 0 aromatic heterocycles. The van der Waals surface area contributed by atoms with E-state index >= 15 is 0 Å². The van der Waals surface area contributed by atoms with Gasteiger partial charge in [-0.15, -0.1) is 0 Å². The van der Waals surface area contributed by atoms with Crippen molar-refractivity contribution < 1.29 is 10.1 Å². The van der Waals surface area contributed by atoms with Crippen LogP contribution in [0.5, 0.6) is 0 Å². The first kappa shape index (κ1) is 15.1. The van der Waals surface area contributed by atoms with Crippen LogP contribution in [0, 0.1) is 16.0 Å². The molecular formula is C14H20N4O3. The summed E-state index contributed by atoms with van der Waals surface area (Å²) in [5, 5.41) is 22.9. The highest BCUT2D eigenvalue weighted by Gasteiger charge is 2.29. The molecule has 7 nitrogen and oxygen atoms in total. The second-order valence-electron chi connectivity index (χ2n) is 5.50. The molecule has 1 aliphatic rings. The van der Waals surface area contributed by atoms with Crippen LogP contribution in [0.15, 0.2) is 23.4 Å². The van der Waals surface area contributed by atoms with Gasteiger partial charge < -0.3 is 15.8 Å². The number of anilines is 1. The molecular weight excluding hydrogens is 272 g/mol. The van der Waals surface area contributed by atoms with E-state index in [1.54, 1.807) is 12.1 Å². The lowest BCUT2D eigenvalue weighted by Gasteiger charge is -2.39. The monoisotopic (exact) mass is 292 g/mol. The number of benzene rings is 1. The zero-order chi connectivity index (χ0) is 15.6. The van der Waals surface area contributed by atoms with Crippen LogP contribution in [0.1, 0.15) is 32.3 Å². The first-order chi connectivity index (χ1) is 9.95. The molecule has 2 rings (SSSR count). The molecule has 3 N–H and O–H groups in total. The van der Waals surface area contributed by atoms with Crippen molar-refractivity contribution in [2.45, 2.75) is 32.7 Å². The maximum absolute atomic E-state index is 11.4. The highest BCUT2D eigenvalue weighted by atomic mass is 16.6. The molecule has 1 aliphatic heterocycles. The first-order valence-corrected chi connectivity index (χ1v) is 6.98. The van der Waals surface area contributed by atoms with E-state index in [4.69, 9.17) is 10.9 Å². The quantitative estimate of drug-likeness (QED) is 0.292. The smallest absolute Gasteiger partial charge is 0.293 e. The van der Waals surface area contributed by atoms with Gasteiger partial charge in [0.05, 0.1) is 4.92 Å². The van der Waals surface area contributed by atoms with Gasteiger partial charge in [0.1, 0.15) is 5.69 Å². The number of nitrogens with two attached hydrogens (primary N) is 1. The number of rotatable bonds is 3. The van der Waals surface area contributed by atoms with Gasteiger partial charge in [-0.05, 0) is 37.8 Å². The average Bonchev–Trinajstić information content (AvgIpc) is 2.48. The maximum Gasteiger partial charge on any atom is 0.293 e. The molecule has 2 atom stereocenters. The molecule has 0 radical (unpaired) electrons. The largest absolute Gasteiger partial charge is 0.409 e. The molecule has 1 heterocycles.